The molecule has 2 heterocycles. The van der Waals surface area contributed by atoms with Gasteiger partial charge in [-0.3, -0.25) is 4.79 Å². The molecule has 3 aromatic rings. The lowest BCUT2D eigenvalue weighted by Gasteiger charge is -2.10. The monoisotopic (exact) mass is 356 g/mol. The molecule has 1 amide bonds. The quantitative estimate of drug-likeness (QED) is 0.478. The van der Waals surface area contributed by atoms with E-state index in [9.17, 15) is 9.90 Å². The SMILES string of the molecule is NC(=O)c1cn(CC(O)CCCSc2ccc3ccccc3n2)cn1. The van der Waals surface area contributed by atoms with Gasteiger partial charge in [0, 0.05) is 18.1 Å². The summed E-state index contributed by atoms with van der Waals surface area (Å²) >= 11 is 1.69. The molecule has 0 spiro atoms. The summed E-state index contributed by atoms with van der Waals surface area (Å²) in [6.07, 6.45) is 4.12. The third-order valence-corrected chi connectivity index (χ3v) is 4.83. The molecule has 1 aromatic carbocycles. The van der Waals surface area contributed by atoms with E-state index < -0.39 is 12.0 Å². The van der Waals surface area contributed by atoms with Crippen LogP contribution in [0.5, 0.6) is 0 Å². The molecule has 2 aromatic heterocycles. The number of aliphatic hydroxyl groups excluding tert-OH is 1. The second-order valence-corrected chi connectivity index (χ2v) is 6.92. The number of carbonyl (C=O) groups excluding carboxylic acids is 1. The topological polar surface area (TPSA) is 94.0 Å². The highest BCUT2D eigenvalue weighted by atomic mass is 32.2. The summed E-state index contributed by atoms with van der Waals surface area (Å²) in [5.41, 5.74) is 6.37. The molecule has 1 atom stereocenters. The van der Waals surface area contributed by atoms with Crippen molar-refractivity contribution in [2.75, 3.05) is 5.75 Å². The van der Waals surface area contributed by atoms with E-state index in [1.54, 1.807) is 22.5 Å². The van der Waals surface area contributed by atoms with E-state index in [1.165, 1.54) is 6.33 Å². The van der Waals surface area contributed by atoms with Gasteiger partial charge < -0.3 is 15.4 Å². The fourth-order valence-corrected chi connectivity index (χ4v) is 3.39. The molecule has 0 fully saturated rings. The molecule has 3 N–H and O–H groups in total. The molecular weight excluding hydrogens is 336 g/mol. The lowest BCUT2D eigenvalue weighted by molar-refractivity contribution is 0.0995. The second kappa shape index (κ2) is 8.13. The standard InChI is InChI=1S/C18H20N4O2S/c19-18(24)16-11-22(12-20-16)10-14(23)5-3-9-25-17-8-7-13-4-1-2-6-15(13)21-17/h1-2,4,6-8,11-12,14,23H,3,5,9-10H2,(H2,19,24). The summed E-state index contributed by atoms with van der Waals surface area (Å²) < 4.78 is 1.68. The number of benzene rings is 1. The third-order valence-electron chi connectivity index (χ3n) is 3.81. The van der Waals surface area contributed by atoms with E-state index in [0.717, 1.165) is 28.1 Å². The Bertz CT molecular complexity index is 865. The first-order valence-electron chi connectivity index (χ1n) is 8.10. The maximum atomic E-state index is 11.0. The Labute approximate surface area is 150 Å². The number of hydrogen-bond acceptors (Lipinski definition) is 5. The lowest BCUT2D eigenvalue weighted by Crippen LogP contribution is -2.15. The second-order valence-electron chi connectivity index (χ2n) is 5.81. The van der Waals surface area contributed by atoms with Crippen molar-refractivity contribution in [2.24, 2.45) is 5.73 Å². The van der Waals surface area contributed by atoms with Crippen molar-refractivity contribution < 1.29 is 9.90 Å². The zero-order chi connectivity index (χ0) is 17.6. The lowest BCUT2D eigenvalue weighted by atomic mass is 10.2. The third kappa shape index (κ3) is 4.80. The summed E-state index contributed by atoms with van der Waals surface area (Å²) in [5.74, 6) is 0.325. The summed E-state index contributed by atoms with van der Waals surface area (Å²) in [6, 6.07) is 12.2. The van der Waals surface area contributed by atoms with Gasteiger partial charge in [-0.1, -0.05) is 24.3 Å². The van der Waals surface area contributed by atoms with Gasteiger partial charge in [0.1, 0.15) is 5.69 Å². The van der Waals surface area contributed by atoms with Crippen molar-refractivity contribution in [2.45, 2.75) is 30.5 Å². The van der Waals surface area contributed by atoms with Crippen LogP contribution >= 0.6 is 11.8 Å². The van der Waals surface area contributed by atoms with Crippen LogP contribution in [-0.4, -0.2) is 37.4 Å². The van der Waals surface area contributed by atoms with E-state index in [1.807, 2.05) is 30.3 Å². The number of pyridine rings is 1. The number of para-hydroxylation sites is 1. The number of aromatic nitrogens is 3. The number of thioether (sulfide) groups is 1. The van der Waals surface area contributed by atoms with Gasteiger partial charge in [-0.15, -0.1) is 11.8 Å². The molecule has 1 unspecified atom stereocenters. The number of primary amides is 1. The first-order valence-corrected chi connectivity index (χ1v) is 9.08. The van der Waals surface area contributed by atoms with Crippen LogP contribution in [0.3, 0.4) is 0 Å². The largest absolute Gasteiger partial charge is 0.391 e. The first-order chi connectivity index (χ1) is 12.1. The highest BCUT2D eigenvalue weighted by Gasteiger charge is 2.09. The summed E-state index contributed by atoms with van der Waals surface area (Å²) in [4.78, 5) is 19.5. The highest BCUT2D eigenvalue weighted by Crippen LogP contribution is 2.21. The number of fused-ring (bicyclic) bond motifs is 1. The van der Waals surface area contributed by atoms with Crippen molar-refractivity contribution in [3.63, 3.8) is 0 Å². The number of aliphatic hydroxyl groups is 1. The fraction of sp³-hybridized carbons (Fsp3) is 0.278. The van der Waals surface area contributed by atoms with E-state index >= 15 is 0 Å². The van der Waals surface area contributed by atoms with Crippen molar-refractivity contribution in [1.82, 2.24) is 14.5 Å². The number of carbonyl (C=O) groups is 1. The van der Waals surface area contributed by atoms with Crippen LogP contribution in [0.25, 0.3) is 10.9 Å². The van der Waals surface area contributed by atoms with Crippen LogP contribution in [0.1, 0.15) is 23.3 Å². The Morgan fingerprint density at radius 3 is 2.92 bits per heavy atom. The van der Waals surface area contributed by atoms with Gasteiger partial charge in [0.05, 0.1) is 23.0 Å². The summed E-state index contributed by atoms with van der Waals surface area (Å²) in [6.45, 7) is 0.402. The molecule has 7 heteroatoms. The molecule has 0 bridgehead atoms. The molecule has 0 radical (unpaired) electrons. The number of nitrogens with zero attached hydrogens (tertiary/aromatic N) is 3. The van der Waals surface area contributed by atoms with Crippen molar-refractivity contribution >= 4 is 28.6 Å². The predicted molar refractivity (Wildman–Crippen MR) is 98.5 cm³/mol. The minimum absolute atomic E-state index is 0.213. The maximum Gasteiger partial charge on any atom is 0.268 e. The molecule has 0 aliphatic heterocycles. The fourth-order valence-electron chi connectivity index (χ4n) is 2.55. The minimum Gasteiger partial charge on any atom is -0.391 e. The Balaban J connectivity index is 1.43. The van der Waals surface area contributed by atoms with Crippen molar-refractivity contribution in [3.05, 3.63) is 54.6 Å². The Hall–Kier alpha value is -2.38. The summed E-state index contributed by atoms with van der Waals surface area (Å²) in [5, 5.41) is 12.2. The van der Waals surface area contributed by atoms with Crippen LogP contribution < -0.4 is 5.73 Å². The van der Waals surface area contributed by atoms with Crippen LogP contribution in [-0.2, 0) is 6.54 Å². The molecule has 0 aliphatic carbocycles. The van der Waals surface area contributed by atoms with Crippen LogP contribution in [0.15, 0.2) is 53.9 Å². The van der Waals surface area contributed by atoms with Crippen LogP contribution in [0, 0.1) is 0 Å². The van der Waals surface area contributed by atoms with Gasteiger partial charge in [0.15, 0.2) is 0 Å². The number of nitrogens with two attached hydrogens (primary N) is 1. The molecular formula is C18H20N4O2S. The highest BCUT2D eigenvalue weighted by molar-refractivity contribution is 7.99. The van der Waals surface area contributed by atoms with Crippen molar-refractivity contribution in [1.29, 1.82) is 0 Å². The van der Waals surface area contributed by atoms with Crippen LogP contribution in [0.4, 0.5) is 0 Å². The van der Waals surface area contributed by atoms with Crippen molar-refractivity contribution in [3.8, 4) is 0 Å². The minimum atomic E-state index is -0.562. The summed E-state index contributed by atoms with van der Waals surface area (Å²) in [7, 11) is 0. The molecule has 0 aliphatic rings. The first kappa shape index (κ1) is 17.4. The normalized spacial score (nSPS) is 12.4. The number of amides is 1. The average Bonchev–Trinajstić information content (AvgIpc) is 3.07. The molecule has 25 heavy (non-hydrogen) atoms. The van der Waals surface area contributed by atoms with Gasteiger partial charge in [-0.05, 0) is 30.7 Å². The van der Waals surface area contributed by atoms with Gasteiger partial charge in [-0.2, -0.15) is 0 Å². The molecule has 0 saturated carbocycles. The Morgan fingerprint density at radius 1 is 1.28 bits per heavy atom. The molecule has 0 saturated heterocycles. The van der Waals surface area contributed by atoms with E-state index in [2.05, 4.69) is 16.0 Å². The Morgan fingerprint density at radius 2 is 2.12 bits per heavy atom. The predicted octanol–water partition coefficient (Wildman–Crippen LogP) is 2.46. The molecule has 6 nitrogen and oxygen atoms in total. The molecule has 130 valence electrons. The van der Waals surface area contributed by atoms with Gasteiger partial charge in [-0.25, -0.2) is 9.97 Å². The number of rotatable bonds is 8. The maximum absolute atomic E-state index is 11.0. The van der Waals surface area contributed by atoms with Gasteiger partial charge in [0.25, 0.3) is 5.91 Å². The zero-order valence-corrected chi connectivity index (χ0v) is 14.5. The zero-order valence-electron chi connectivity index (χ0n) is 13.7. The van der Waals surface area contributed by atoms with Crippen LogP contribution in [0.2, 0.25) is 0 Å². The number of hydrogen-bond donors (Lipinski definition) is 2. The smallest absolute Gasteiger partial charge is 0.268 e. The Kier molecular flexibility index (Phi) is 5.67. The van der Waals surface area contributed by atoms with E-state index in [-0.39, 0.29) is 5.69 Å². The molecule has 3 rings (SSSR count). The number of imidazole rings is 1. The van der Waals surface area contributed by atoms with E-state index in [0.29, 0.717) is 13.0 Å². The average molecular weight is 356 g/mol. The van der Waals surface area contributed by atoms with E-state index in [4.69, 9.17) is 5.73 Å². The van der Waals surface area contributed by atoms with Gasteiger partial charge >= 0.3 is 0 Å². The van der Waals surface area contributed by atoms with Gasteiger partial charge in [0.2, 0.25) is 0 Å².